The van der Waals surface area contributed by atoms with Crippen molar-refractivity contribution in [2.24, 2.45) is 5.73 Å². The molecule has 2 N–H and O–H groups in total. The summed E-state index contributed by atoms with van der Waals surface area (Å²) in [4.78, 5) is 0. The lowest BCUT2D eigenvalue weighted by Crippen LogP contribution is -2.33. The molecular weight excluding hydrogens is 206 g/mol. The van der Waals surface area contributed by atoms with Gasteiger partial charge in [-0.3, -0.25) is 0 Å². The van der Waals surface area contributed by atoms with Crippen molar-refractivity contribution in [2.75, 3.05) is 6.79 Å². The van der Waals surface area contributed by atoms with E-state index in [4.69, 9.17) is 19.9 Å². The molecule has 1 aliphatic carbocycles. The van der Waals surface area contributed by atoms with Crippen molar-refractivity contribution in [1.29, 1.82) is 0 Å². The Bertz CT molecular complexity index is 394. The number of nitrogens with two attached hydrogens (primary N) is 1. The first-order valence-corrected chi connectivity index (χ1v) is 5.65. The van der Waals surface area contributed by atoms with Crippen LogP contribution in [0.5, 0.6) is 17.2 Å². The quantitative estimate of drug-likeness (QED) is 0.825. The third-order valence-electron chi connectivity index (χ3n) is 3.14. The maximum atomic E-state index is 5.96. The molecule has 0 spiro atoms. The van der Waals surface area contributed by atoms with Crippen LogP contribution in [-0.4, -0.2) is 18.9 Å². The molecule has 0 aromatic heterocycles. The van der Waals surface area contributed by atoms with E-state index in [2.05, 4.69) is 0 Å². The van der Waals surface area contributed by atoms with E-state index in [9.17, 15) is 0 Å². The summed E-state index contributed by atoms with van der Waals surface area (Å²) in [5, 5.41) is 0. The first kappa shape index (κ1) is 9.78. The van der Waals surface area contributed by atoms with E-state index in [0.29, 0.717) is 6.79 Å². The highest BCUT2D eigenvalue weighted by atomic mass is 16.7. The number of rotatable bonds is 2. The second kappa shape index (κ2) is 3.87. The van der Waals surface area contributed by atoms with Crippen LogP contribution in [0, 0.1) is 0 Å². The number of hydrogen-bond acceptors (Lipinski definition) is 4. The van der Waals surface area contributed by atoms with Crippen LogP contribution in [0.4, 0.5) is 0 Å². The van der Waals surface area contributed by atoms with Gasteiger partial charge < -0.3 is 19.9 Å². The molecule has 4 heteroatoms. The lowest BCUT2D eigenvalue weighted by Gasteiger charge is -2.17. The van der Waals surface area contributed by atoms with Gasteiger partial charge in [-0.25, -0.2) is 0 Å². The van der Waals surface area contributed by atoms with Crippen LogP contribution in [0.3, 0.4) is 0 Å². The highest BCUT2D eigenvalue weighted by Crippen LogP contribution is 2.36. The van der Waals surface area contributed by atoms with Crippen molar-refractivity contribution >= 4 is 0 Å². The molecule has 0 amide bonds. The minimum atomic E-state index is 0.139. The number of benzene rings is 1. The molecule has 3 rings (SSSR count). The van der Waals surface area contributed by atoms with Gasteiger partial charge in [-0.05, 0) is 31.4 Å². The van der Waals surface area contributed by atoms with Crippen LogP contribution in [0.1, 0.15) is 19.3 Å². The van der Waals surface area contributed by atoms with Crippen LogP contribution >= 0.6 is 0 Å². The van der Waals surface area contributed by atoms with Gasteiger partial charge in [0.2, 0.25) is 6.79 Å². The molecule has 16 heavy (non-hydrogen) atoms. The van der Waals surface area contributed by atoms with Crippen molar-refractivity contribution in [3.8, 4) is 17.2 Å². The third kappa shape index (κ3) is 1.69. The van der Waals surface area contributed by atoms with Gasteiger partial charge in [0, 0.05) is 12.1 Å². The van der Waals surface area contributed by atoms with E-state index < -0.39 is 0 Å². The fraction of sp³-hybridized carbons (Fsp3) is 0.500. The SMILES string of the molecule is NC1CCCC1Oc1ccc2c(c1)OCO2. The summed E-state index contributed by atoms with van der Waals surface area (Å²) >= 11 is 0. The lowest BCUT2D eigenvalue weighted by molar-refractivity contribution is 0.173. The van der Waals surface area contributed by atoms with Gasteiger partial charge >= 0.3 is 0 Å². The Morgan fingerprint density at radius 2 is 2.06 bits per heavy atom. The molecule has 2 atom stereocenters. The summed E-state index contributed by atoms with van der Waals surface area (Å²) in [5.41, 5.74) is 5.96. The molecule has 0 bridgehead atoms. The number of hydrogen-bond donors (Lipinski definition) is 1. The second-order valence-electron chi connectivity index (χ2n) is 4.27. The molecular formula is C12H15NO3. The molecule has 1 fully saturated rings. The second-order valence-corrected chi connectivity index (χ2v) is 4.27. The van der Waals surface area contributed by atoms with Gasteiger partial charge in [-0.2, -0.15) is 0 Å². The molecule has 0 saturated heterocycles. The third-order valence-corrected chi connectivity index (χ3v) is 3.14. The monoisotopic (exact) mass is 221 g/mol. The number of fused-ring (bicyclic) bond motifs is 1. The van der Waals surface area contributed by atoms with Gasteiger partial charge in [-0.1, -0.05) is 0 Å². The Hall–Kier alpha value is -1.42. The van der Waals surface area contributed by atoms with Crippen LogP contribution < -0.4 is 19.9 Å². The zero-order valence-electron chi connectivity index (χ0n) is 9.02. The predicted octanol–water partition coefficient (Wildman–Crippen LogP) is 1.67. The molecule has 1 aliphatic heterocycles. The zero-order chi connectivity index (χ0) is 11.0. The molecule has 0 radical (unpaired) electrons. The molecule has 1 aromatic rings. The van der Waals surface area contributed by atoms with E-state index in [1.54, 1.807) is 0 Å². The van der Waals surface area contributed by atoms with E-state index in [1.807, 2.05) is 18.2 Å². The smallest absolute Gasteiger partial charge is 0.231 e. The molecule has 2 unspecified atom stereocenters. The highest BCUT2D eigenvalue weighted by molar-refractivity contribution is 5.46. The van der Waals surface area contributed by atoms with Gasteiger partial charge in [0.05, 0.1) is 0 Å². The Kier molecular flexibility index (Phi) is 2.36. The van der Waals surface area contributed by atoms with Gasteiger partial charge in [0.25, 0.3) is 0 Å². The average molecular weight is 221 g/mol. The Balaban J connectivity index is 1.75. The van der Waals surface area contributed by atoms with E-state index in [0.717, 1.165) is 36.5 Å². The first-order valence-electron chi connectivity index (χ1n) is 5.65. The van der Waals surface area contributed by atoms with Gasteiger partial charge in [0.15, 0.2) is 11.5 Å². The van der Waals surface area contributed by atoms with Crippen LogP contribution in [-0.2, 0) is 0 Å². The predicted molar refractivity (Wildman–Crippen MR) is 58.8 cm³/mol. The summed E-state index contributed by atoms with van der Waals surface area (Å²) in [6.07, 6.45) is 3.38. The summed E-state index contributed by atoms with van der Waals surface area (Å²) in [6.45, 7) is 0.293. The standard InChI is InChI=1S/C12H15NO3/c13-9-2-1-3-10(9)16-8-4-5-11-12(6-8)15-7-14-11/h4-6,9-10H,1-3,7,13H2. The van der Waals surface area contributed by atoms with Crippen molar-refractivity contribution in [2.45, 2.75) is 31.4 Å². The molecule has 86 valence electrons. The molecule has 2 aliphatic rings. The van der Waals surface area contributed by atoms with Gasteiger partial charge in [-0.15, -0.1) is 0 Å². The minimum absolute atomic E-state index is 0.139. The van der Waals surface area contributed by atoms with Crippen LogP contribution in [0.25, 0.3) is 0 Å². The largest absolute Gasteiger partial charge is 0.489 e. The van der Waals surface area contributed by atoms with E-state index >= 15 is 0 Å². The maximum Gasteiger partial charge on any atom is 0.231 e. The van der Waals surface area contributed by atoms with Crippen LogP contribution in [0.2, 0.25) is 0 Å². The van der Waals surface area contributed by atoms with Crippen molar-refractivity contribution in [1.82, 2.24) is 0 Å². The molecule has 4 nitrogen and oxygen atoms in total. The summed E-state index contributed by atoms with van der Waals surface area (Å²) < 4.78 is 16.4. The van der Waals surface area contributed by atoms with E-state index in [1.165, 1.54) is 0 Å². The van der Waals surface area contributed by atoms with Gasteiger partial charge in [0.1, 0.15) is 11.9 Å². The summed E-state index contributed by atoms with van der Waals surface area (Å²) in [5.74, 6) is 2.35. The fourth-order valence-electron chi connectivity index (χ4n) is 2.23. The van der Waals surface area contributed by atoms with E-state index in [-0.39, 0.29) is 12.1 Å². The molecule has 1 saturated carbocycles. The molecule has 1 aromatic carbocycles. The van der Waals surface area contributed by atoms with Crippen molar-refractivity contribution in [3.05, 3.63) is 18.2 Å². The van der Waals surface area contributed by atoms with Crippen LogP contribution in [0.15, 0.2) is 18.2 Å². The topological polar surface area (TPSA) is 53.7 Å². The van der Waals surface area contributed by atoms with Crippen molar-refractivity contribution in [3.63, 3.8) is 0 Å². The number of ether oxygens (including phenoxy) is 3. The highest BCUT2D eigenvalue weighted by Gasteiger charge is 2.26. The maximum absolute atomic E-state index is 5.96. The zero-order valence-corrected chi connectivity index (χ0v) is 9.02. The van der Waals surface area contributed by atoms with Crippen molar-refractivity contribution < 1.29 is 14.2 Å². The first-order chi connectivity index (χ1) is 7.83. The molecule has 1 heterocycles. The minimum Gasteiger partial charge on any atom is -0.489 e. The Labute approximate surface area is 94.3 Å². The Morgan fingerprint density at radius 1 is 1.19 bits per heavy atom. The lowest BCUT2D eigenvalue weighted by atomic mass is 10.2. The fourth-order valence-corrected chi connectivity index (χ4v) is 2.23. The Morgan fingerprint density at radius 3 is 2.88 bits per heavy atom. The average Bonchev–Trinajstić information content (AvgIpc) is 2.88. The normalized spacial score (nSPS) is 27.1. The summed E-state index contributed by atoms with van der Waals surface area (Å²) in [7, 11) is 0. The summed E-state index contributed by atoms with van der Waals surface area (Å²) in [6, 6.07) is 5.80.